The van der Waals surface area contributed by atoms with Gasteiger partial charge < -0.3 is 14.5 Å². The van der Waals surface area contributed by atoms with E-state index in [1.807, 2.05) is 30.3 Å². The van der Waals surface area contributed by atoms with Crippen molar-refractivity contribution >= 4 is 34.4 Å². The highest BCUT2D eigenvalue weighted by Crippen LogP contribution is 2.33. The first kappa shape index (κ1) is 26.1. The molecule has 2 N–H and O–H groups in total. The number of anilines is 2. The van der Waals surface area contributed by atoms with E-state index in [9.17, 15) is 25.0 Å². The number of hydrazone groups is 1. The van der Waals surface area contributed by atoms with Crippen molar-refractivity contribution < 1.29 is 23.8 Å². The van der Waals surface area contributed by atoms with E-state index in [0.29, 0.717) is 59.0 Å². The normalized spacial score (nSPS) is 13.4. The van der Waals surface area contributed by atoms with Crippen LogP contribution in [-0.4, -0.2) is 21.5 Å². The third-order valence-electron chi connectivity index (χ3n) is 6.32. The summed E-state index contributed by atoms with van der Waals surface area (Å²) >= 11 is 0. The summed E-state index contributed by atoms with van der Waals surface area (Å²) in [5.41, 5.74) is 4.19. The number of rotatable bonds is 8. The molecule has 12 heteroatoms. The van der Waals surface area contributed by atoms with Crippen LogP contribution >= 0.6 is 0 Å². The molecular formula is C28H23N5O7. The topological polar surface area (TPSA) is 162 Å². The number of nitro benzene ring substituents is 2. The van der Waals surface area contributed by atoms with Crippen LogP contribution < -0.4 is 15.5 Å². The zero-order valence-electron chi connectivity index (χ0n) is 21.2. The minimum absolute atomic E-state index is 0.00836. The lowest BCUT2D eigenvalue weighted by Crippen LogP contribution is -2.14. The Labute approximate surface area is 227 Å². The van der Waals surface area contributed by atoms with E-state index in [-0.39, 0.29) is 11.4 Å². The molecule has 12 nitrogen and oxygen atoms in total. The minimum atomic E-state index is -0.715. The molecule has 0 aliphatic heterocycles. The van der Waals surface area contributed by atoms with Crippen LogP contribution in [0.5, 0.6) is 11.5 Å². The highest BCUT2D eigenvalue weighted by atomic mass is 16.6. The van der Waals surface area contributed by atoms with Gasteiger partial charge in [0.15, 0.2) is 5.76 Å². The number of nitrogens with one attached hydrogen (secondary N) is 2. The number of nitrogens with zero attached hydrogens (tertiary/aromatic N) is 3. The van der Waals surface area contributed by atoms with Crippen LogP contribution in [-0.2, 0) is 6.42 Å². The van der Waals surface area contributed by atoms with Crippen molar-refractivity contribution in [3.8, 4) is 11.5 Å². The van der Waals surface area contributed by atoms with Crippen LogP contribution in [0.15, 0.2) is 82.3 Å². The molecule has 1 aliphatic rings. The zero-order chi connectivity index (χ0) is 28.2. The first-order valence-corrected chi connectivity index (χ1v) is 12.3. The Kier molecular flexibility index (Phi) is 7.22. The number of non-ortho nitro benzene ring substituents is 1. The molecule has 5 rings (SSSR count). The summed E-state index contributed by atoms with van der Waals surface area (Å²) in [4.78, 5) is 34.1. The van der Waals surface area contributed by atoms with E-state index in [1.54, 1.807) is 31.2 Å². The Hall–Kier alpha value is -5.52. The maximum atomic E-state index is 13.1. The molecule has 3 aromatic carbocycles. The third-order valence-corrected chi connectivity index (χ3v) is 6.32. The number of ether oxygens (including phenoxy) is 1. The number of furan rings is 1. The Morgan fingerprint density at radius 1 is 0.950 bits per heavy atom. The number of fused-ring (bicyclic) bond motifs is 1. The molecule has 0 unspecified atom stereocenters. The van der Waals surface area contributed by atoms with Crippen molar-refractivity contribution in [2.45, 2.75) is 26.2 Å². The van der Waals surface area contributed by atoms with Gasteiger partial charge in [0.2, 0.25) is 0 Å². The number of para-hydroxylation sites is 1. The highest BCUT2D eigenvalue weighted by molar-refractivity contribution is 6.09. The largest absolute Gasteiger partial charge is 0.457 e. The van der Waals surface area contributed by atoms with Gasteiger partial charge in [-0.2, -0.15) is 5.10 Å². The molecule has 0 atom stereocenters. The van der Waals surface area contributed by atoms with Gasteiger partial charge in [-0.15, -0.1) is 0 Å². The van der Waals surface area contributed by atoms with Crippen molar-refractivity contribution in [3.63, 3.8) is 0 Å². The monoisotopic (exact) mass is 541 g/mol. The number of carbonyl (C=O) groups excluding carboxylic acids is 1. The minimum Gasteiger partial charge on any atom is -0.457 e. The van der Waals surface area contributed by atoms with Gasteiger partial charge in [-0.25, -0.2) is 0 Å². The fraction of sp³-hybridized carbons (Fsp3) is 0.143. The summed E-state index contributed by atoms with van der Waals surface area (Å²) in [6.45, 7) is 1.75. The molecule has 0 bridgehead atoms. The van der Waals surface area contributed by atoms with Gasteiger partial charge in [0.25, 0.3) is 11.6 Å². The fourth-order valence-corrected chi connectivity index (χ4v) is 4.42. The lowest BCUT2D eigenvalue weighted by atomic mass is 9.93. The molecule has 4 aromatic rings. The van der Waals surface area contributed by atoms with Crippen LogP contribution in [0.2, 0.25) is 0 Å². The summed E-state index contributed by atoms with van der Waals surface area (Å²) in [6, 6.07) is 19.6. The van der Waals surface area contributed by atoms with Gasteiger partial charge in [-0.05, 0) is 62.2 Å². The van der Waals surface area contributed by atoms with Crippen molar-refractivity contribution in [2.75, 3.05) is 10.7 Å². The van der Waals surface area contributed by atoms with Crippen molar-refractivity contribution in [1.82, 2.24) is 0 Å². The van der Waals surface area contributed by atoms with Crippen molar-refractivity contribution in [2.24, 2.45) is 5.10 Å². The van der Waals surface area contributed by atoms with Gasteiger partial charge in [-0.3, -0.25) is 30.4 Å². The Morgan fingerprint density at radius 2 is 1.68 bits per heavy atom. The average molecular weight is 542 g/mol. The summed E-state index contributed by atoms with van der Waals surface area (Å²) in [7, 11) is 0. The predicted octanol–water partition coefficient (Wildman–Crippen LogP) is 6.60. The standard InChI is InChI=1S/C28H23N5O7/c1-17-26-23(31-30-22-15-12-19(32(35)36)16-24(22)33(37)38)8-5-9-25(26)40-27(17)28(34)29-18-10-13-21(14-11-18)39-20-6-3-2-4-7-20/h2-4,6-7,10-16,30H,5,8-9H2,1H3,(H,29,34)/b31-23+. The second-order valence-electron chi connectivity index (χ2n) is 8.99. The molecule has 1 aromatic heterocycles. The summed E-state index contributed by atoms with van der Waals surface area (Å²) in [5.74, 6) is 1.63. The second kappa shape index (κ2) is 11.1. The van der Waals surface area contributed by atoms with Crippen LogP contribution in [0.3, 0.4) is 0 Å². The molecule has 1 heterocycles. The van der Waals surface area contributed by atoms with Gasteiger partial charge in [-0.1, -0.05) is 18.2 Å². The first-order valence-electron chi connectivity index (χ1n) is 12.3. The van der Waals surface area contributed by atoms with Crippen LogP contribution in [0.1, 0.15) is 40.3 Å². The maximum Gasteiger partial charge on any atom is 0.301 e. The van der Waals surface area contributed by atoms with Gasteiger partial charge in [0.1, 0.15) is 22.9 Å². The molecule has 0 fully saturated rings. The Morgan fingerprint density at radius 3 is 2.38 bits per heavy atom. The molecule has 0 spiro atoms. The van der Waals surface area contributed by atoms with E-state index in [1.165, 1.54) is 6.07 Å². The first-order chi connectivity index (χ1) is 19.3. The van der Waals surface area contributed by atoms with Crippen LogP contribution in [0.4, 0.5) is 22.7 Å². The van der Waals surface area contributed by atoms with Crippen LogP contribution in [0, 0.1) is 27.2 Å². The number of carbonyl (C=O) groups is 1. The van der Waals surface area contributed by atoms with Gasteiger partial charge >= 0.3 is 5.69 Å². The molecule has 0 radical (unpaired) electrons. The Balaban J connectivity index is 1.33. The summed E-state index contributed by atoms with van der Waals surface area (Å²) in [5, 5.41) is 29.7. The van der Waals surface area contributed by atoms with E-state index in [4.69, 9.17) is 9.15 Å². The number of hydrogen-bond donors (Lipinski definition) is 2. The number of amides is 1. The number of hydrogen-bond acceptors (Lipinski definition) is 9. The van der Waals surface area contributed by atoms with E-state index >= 15 is 0 Å². The SMILES string of the molecule is Cc1c(C(=O)Nc2ccc(Oc3ccccc3)cc2)oc2c1/C(=N/Nc1ccc([N+](=O)[O-])cc1[N+](=O)[O-])CCC2. The molecular weight excluding hydrogens is 518 g/mol. The lowest BCUT2D eigenvalue weighted by molar-refractivity contribution is -0.393. The number of nitro groups is 2. The number of aryl methyl sites for hydroxylation is 1. The van der Waals surface area contributed by atoms with Crippen molar-refractivity contribution in [3.05, 3.63) is 116 Å². The predicted molar refractivity (Wildman–Crippen MR) is 147 cm³/mol. The zero-order valence-corrected chi connectivity index (χ0v) is 21.2. The van der Waals surface area contributed by atoms with Crippen molar-refractivity contribution in [1.29, 1.82) is 0 Å². The third kappa shape index (κ3) is 5.50. The smallest absolute Gasteiger partial charge is 0.301 e. The van der Waals surface area contributed by atoms with Crippen LogP contribution in [0.25, 0.3) is 0 Å². The number of benzene rings is 3. The van der Waals surface area contributed by atoms with E-state index in [2.05, 4.69) is 15.8 Å². The quantitative estimate of drug-likeness (QED) is 0.186. The van der Waals surface area contributed by atoms with Gasteiger partial charge in [0.05, 0.1) is 21.6 Å². The molecule has 40 heavy (non-hydrogen) atoms. The Bertz CT molecular complexity index is 1630. The van der Waals surface area contributed by atoms with E-state index < -0.39 is 27.1 Å². The van der Waals surface area contributed by atoms with Gasteiger partial charge in [0, 0.05) is 29.3 Å². The molecule has 1 aliphatic carbocycles. The van der Waals surface area contributed by atoms with E-state index in [0.717, 1.165) is 12.1 Å². The molecule has 0 saturated heterocycles. The molecule has 202 valence electrons. The molecule has 0 saturated carbocycles. The fourth-order valence-electron chi connectivity index (χ4n) is 4.42. The maximum absolute atomic E-state index is 13.1. The average Bonchev–Trinajstić information content (AvgIpc) is 3.30. The molecule has 1 amide bonds. The lowest BCUT2D eigenvalue weighted by Gasteiger charge is -2.13. The highest BCUT2D eigenvalue weighted by Gasteiger charge is 2.28. The second-order valence-corrected chi connectivity index (χ2v) is 8.99. The summed E-state index contributed by atoms with van der Waals surface area (Å²) in [6.07, 6.45) is 1.85. The summed E-state index contributed by atoms with van der Waals surface area (Å²) < 4.78 is 11.7.